The molecule has 0 saturated heterocycles. The van der Waals surface area contributed by atoms with Gasteiger partial charge in [-0.3, -0.25) is 9.59 Å². The number of fused-ring (bicyclic) bond motifs is 9. The summed E-state index contributed by atoms with van der Waals surface area (Å²) < 4.78 is 29.9. The molecule has 0 aliphatic rings. The molecule has 400 valence electrons. The molecule has 9 rings (SSSR count). The van der Waals surface area contributed by atoms with Gasteiger partial charge in [0.05, 0.1) is 6.61 Å². The number of aromatic nitrogens is 3. The smallest absolute Gasteiger partial charge is 0.445 e. The van der Waals surface area contributed by atoms with Crippen LogP contribution in [0.25, 0.3) is 65.4 Å². The molecular formula is C60H77N5O9Si. The van der Waals surface area contributed by atoms with Gasteiger partial charge in [-0.25, -0.2) is 4.79 Å². The Kier molecular flexibility index (Phi) is 23.5. The highest BCUT2D eigenvalue weighted by molar-refractivity contribution is 6.60. The molecule has 3 aromatic heterocycles. The van der Waals surface area contributed by atoms with Gasteiger partial charge in [0.2, 0.25) is 5.91 Å². The second-order valence-corrected chi connectivity index (χ2v) is 20.0. The Balaban J connectivity index is 0.000000207. The highest BCUT2D eigenvalue weighted by Gasteiger charge is 2.39. The van der Waals surface area contributed by atoms with Crippen molar-refractivity contribution in [3.63, 3.8) is 0 Å². The number of alkyl carbamates (subject to hydrolysis) is 1. The van der Waals surface area contributed by atoms with Crippen molar-refractivity contribution in [1.82, 2.24) is 24.3 Å². The Morgan fingerprint density at radius 3 is 1.35 bits per heavy atom. The van der Waals surface area contributed by atoms with E-state index in [-0.39, 0.29) is 25.7 Å². The standard InChI is InChI=1S/C25H36N2O5Si.C15H15NO.C15H13NO.C3H7NO.C2H6O/c1-5-27-23-13-10-9-12-21(23)22-18-20(14-15-24(22)27)19-29-25(28)26-16-11-17-33(30-6-2,31-7-3)32-8-4;2*1-2-16-14-6-4-3-5-12(14)13-9-11(10-17)7-8-15(13)16;1-3(5)4-2;1-2-3/h9-10,12-15,18H,5-8,11,16-17,19H2,1-4H3,(H,26,28);3-9,17H,2,10H2,1H3;3-10H,2H2,1H3;1-2H3,(H,4,5);3H,2H2,1H3. The van der Waals surface area contributed by atoms with Gasteiger partial charge in [0.15, 0.2) is 0 Å². The molecule has 0 spiro atoms. The number of aldehydes is 1. The highest BCUT2D eigenvalue weighted by atomic mass is 28.4. The first kappa shape index (κ1) is 59.0. The predicted octanol–water partition coefficient (Wildman–Crippen LogP) is 12.2. The number of hydrogen-bond donors (Lipinski definition) is 4. The summed E-state index contributed by atoms with van der Waals surface area (Å²) in [6, 6.07) is 44.1. The van der Waals surface area contributed by atoms with E-state index >= 15 is 0 Å². The Morgan fingerprint density at radius 1 is 0.560 bits per heavy atom. The third kappa shape index (κ3) is 14.9. The summed E-state index contributed by atoms with van der Waals surface area (Å²) in [4.78, 5) is 32.8. The number of aliphatic hydroxyl groups excluding tert-OH is 2. The predicted molar refractivity (Wildman–Crippen MR) is 307 cm³/mol. The van der Waals surface area contributed by atoms with Crippen molar-refractivity contribution in [2.45, 2.75) is 101 Å². The average molecular weight is 1040 g/mol. The zero-order valence-corrected chi connectivity index (χ0v) is 46.3. The van der Waals surface area contributed by atoms with E-state index in [0.29, 0.717) is 38.8 Å². The lowest BCUT2D eigenvalue weighted by Crippen LogP contribution is -2.46. The first-order valence-electron chi connectivity index (χ1n) is 26.1. The second kappa shape index (κ2) is 29.9. The van der Waals surface area contributed by atoms with Gasteiger partial charge in [0.1, 0.15) is 12.9 Å². The summed E-state index contributed by atoms with van der Waals surface area (Å²) in [5, 5.41) is 29.3. The van der Waals surface area contributed by atoms with E-state index in [4.69, 9.17) is 23.1 Å². The van der Waals surface area contributed by atoms with Gasteiger partial charge in [0, 0.05) is 144 Å². The van der Waals surface area contributed by atoms with Crippen LogP contribution in [-0.2, 0) is 55.7 Å². The summed E-state index contributed by atoms with van der Waals surface area (Å²) in [5.74, 6) is 0.00463. The summed E-state index contributed by atoms with van der Waals surface area (Å²) >= 11 is 0. The van der Waals surface area contributed by atoms with E-state index < -0.39 is 14.9 Å². The van der Waals surface area contributed by atoms with E-state index in [2.05, 4.69) is 130 Å². The van der Waals surface area contributed by atoms with Crippen LogP contribution < -0.4 is 10.6 Å². The first-order chi connectivity index (χ1) is 36.4. The fraction of sp³-hybridized carbons (Fsp3) is 0.350. The maximum atomic E-state index is 12.2. The van der Waals surface area contributed by atoms with E-state index in [1.54, 1.807) is 14.0 Å². The van der Waals surface area contributed by atoms with Gasteiger partial charge < -0.3 is 52.6 Å². The number of nitrogens with zero attached hydrogens (tertiary/aromatic N) is 3. The molecule has 0 atom stereocenters. The van der Waals surface area contributed by atoms with Crippen LogP contribution in [0, 0.1) is 0 Å². The molecule has 2 amide bonds. The third-order valence-corrected chi connectivity index (χ3v) is 15.6. The third-order valence-electron chi connectivity index (χ3n) is 12.5. The number of benzene rings is 6. The fourth-order valence-corrected chi connectivity index (χ4v) is 11.9. The molecule has 15 heteroatoms. The van der Waals surface area contributed by atoms with Crippen LogP contribution in [0.5, 0.6) is 0 Å². The van der Waals surface area contributed by atoms with Crippen LogP contribution in [0.1, 0.15) is 83.3 Å². The molecule has 6 aromatic carbocycles. The number of carbonyl (C=O) groups excluding carboxylic acids is 3. The molecule has 0 saturated carbocycles. The van der Waals surface area contributed by atoms with Gasteiger partial charge in [-0.05, 0) is 127 Å². The molecule has 9 aromatic rings. The van der Waals surface area contributed by atoms with Crippen LogP contribution in [0.4, 0.5) is 4.79 Å². The maximum Gasteiger partial charge on any atom is 0.500 e. The minimum Gasteiger partial charge on any atom is -0.445 e. The number of hydrogen-bond acceptors (Lipinski definition) is 9. The summed E-state index contributed by atoms with van der Waals surface area (Å²) in [7, 11) is -1.08. The van der Waals surface area contributed by atoms with Gasteiger partial charge in [-0.1, -0.05) is 66.7 Å². The highest BCUT2D eigenvalue weighted by Crippen LogP contribution is 2.32. The molecule has 14 nitrogen and oxygen atoms in total. The molecule has 0 fully saturated rings. The fourth-order valence-electron chi connectivity index (χ4n) is 9.25. The van der Waals surface area contributed by atoms with Crippen LogP contribution in [0.3, 0.4) is 0 Å². The molecule has 75 heavy (non-hydrogen) atoms. The lowest BCUT2D eigenvalue weighted by molar-refractivity contribution is -0.118. The van der Waals surface area contributed by atoms with E-state index in [0.717, 1.165) is 48.0 Å². The van der Waals surface area contributed by atoms with Gasteiger partial charge >= 0.3 is 14.9 Å². The number of carbonyl (C=O) groups is 3. The zero-order chi connectivity index (χ0) is 54.3. The number of nitrogens with one attached hydrogen (secondary N) is 2. The van der Waals surface area contributed by atoms with Crippen molar-refractivity contribution in [3.05, 3.63) is 144 Å². The van der Waals surface area contributed by atoms with Crippen LogP contribution in [0.15, 0.2) is 127 Å². The lowest BCUT2D eigenvalue weighted by atomic mass is 10.1. The summed E-state index contributed by atoms with van der Waals surface area (Å²) in [6.07, 6.45) is 1.17. The molecule has 0 aliphatic heterocycles. The van der Waals surface area contributed by atoms with Crippen molar-refractivity contribution >= 4 is 92.5 Å². The molecule has 3 heterocycles. The van der Waals surface area contributed by atoms with Crippen molar-refractivity contribution in [1.29, 1.82) is 0 Å². The number of aryl methyl sites for hydroxylation is 3. The summed E-state index contributed by atoms with van der Waals surface area (Å²) in [6.45, 7) is 20.9. The SMILES string of the molecule is CCO.CCO[Si](CCCNC(=O)OCc1ccc2c(c1)c1ccccc1n2CC)(OCC)OCC.CCn1c2ccccc2c2cc(C=O)ccc21.CCn1c2ccccc2c2cc(CO)ccc21.CNC(C)=O. The van der Waals surface area contributed by atoms with Crippen LogP contribution in [0.2, 0.25) is 6.04 Å². The van der Waals surface area contributed by atoms with Crippen molar-refractivity contribution in [2.24, 2.45) is 0 Å². The largest absolute Gasteiger partial charge is 0.500 e. The van der Waals surface area contributed by atoms with Crippen LogP contribution in [-0.4, -0.2) is 91.0 Å². The van der Waals surface area contributed by atoms with Crippen LogP contribution >= 0.6 is 0 Å². The molecule has 4 N–H and O–H groups in total. The number of aliphatic hydroxyl groups is 2. The Labute approximate surface area is 442 Å². The van der Waals surface area contributed by atoms with Gasteiger partial charge in [0.25, 0.3) is 0 Å². The summed E-state index contributed by atoms with van der Waals surface area (Å²) in [5.41, 5.74) is 10.0. The Bertz CT molecular complexity index is 3230. The minimum atomic E-state index is -2.68. The molecule has 0 unspecified atom stereocenters. The molecule has 0 radical (unpaired) electrons. The van der Waals surface area contributed by atoms with E-state index in [1.165, 1.54) is 67.0 Å². The zero-order valence-electron chi connectivity index (χ0n) is 45.3. The van der Waals surface area contributed by atoms with E-state index in [9.17, 15) is 19.5 Å². The average Bonchev–Trinajstić information content (AvgIpc) is 4.06. The Morgan fingerprint density at radius 2 is 0.947 bits per heavy atom. The quantitative estimate of drug-likeness (QED) is 0.0394. The normalized spacial score (nSPS) is 11.0. The number of para-hydroxylation sites is 3. The maximum absolute atomic E-state index is 12.2. The number of ether oxygens (including phenoxy) is 1. The monoisotopic (exact) mass is 1040 g/mol. The second-order valence-electron chi connectivity index (χ2n) is 17.3. The number of amides is 2. The van der Waals surface area contributed by atoms with Crippen molar-refractivity contribution in [2.75, 3.05) is 40.0 Å². The lowest BCUT2D eigenvalue weighted by Gasteiger charge is -2.28. The molecular weight excluding hydrogens is 963 g/mol. The topological polar surface area (TPSA) is 167 Å². The first-order valence-corrected chi connectivity index (χ1v) is 28.1. The van der Waals surface area contributed by atoms with Crippen molar-refractivity contribution < 1.29 is 42.6 Å². The number of rotatable bonds is 17. The molecule has 0 bridgehead atoms. The van der Waals surface area contributed by atoms with Gasteiger partial charge in [-0.15, -0.1) is 0 Å². The van der Waals surface area contributed by atoms with Gasteiger partial charge in [-0.2, -0.15) is 0 Å². The van der Waals surface area contributed by atoms with Crippen molar-refractivity contribution in [3.8, 4) is 0 Å². The molecule has 0 aliphatic carbocycles. The minimum absolute atomic E-state index is 0.00463. The Hall–Kier alpha value is -6.85. The van der Waals surface area contributed by atoms with E-state index in [1.807, 2.05) is 63.2 Å².